The summed E-state index contributed by atoms with van der Waals surface area (Å²) in [5.41, 5.74) is -0.146. The van der Waals surface area contributed by atoms with Crippen LogP contribution < -0.4 is 5.32 Å². The minimum absolute atomic E-state index is 0.252. The Morgan fingerprint density at radius 1 is 1.50 bits per heavy atom. The zero-order chi connectivity index (χ0) is 13.2. The highest BCUT2D eigenvalue weighted by atomic mass is 19.1. The lowest BCUT2D eigenvalue weighted by Crippen LogP contribution is -2.43. The average Bonchev–Trinajstić information content (AvgIpc) is 2.28. The van der Waals surface area contributed by atoms with Crippen LogP contribution in [0.1, 0.15) is 19.8 Å². The van der Waals surface area contributed by atoms with Crippen LogP contribution in [0, 0.1) is 15.9 Å². The number of ether oxygens (including phenoxy) is 1. The Morgan fingerprint density at radius 2 is 2.28 bits per heavy atom. The first-order valence-electron chi connectivity index (χ1n) is 5.79. The zero-order valence-corrected chi connectivity index (χ0v) is 10.1. The molecule has 1 aromatic carbocycles. The highest BCUT2D eigenvalue weighted by molar-refractivity contribution is 5.53. The number of nitrogens with one attached hydrogen (secondary N) is 1. The van der Waals surface area contributed by atoms with Gasteiger partial charge in [0.15, 0.2) is 0 Å². The van der Waals surface area contributed by atoms with Crippen molar-refractivity contribution in [1.29, 1.82) is 0 Å². The fourth-order valence-corrected chi connectivity index (χ4v) is 2.13. The van der Waals surface area contributed by atoms with E-state index in [4.69, 9.17) is 4.74 Å². The smallest absolute Gasteiger partial charge is 0.274 e. The van der Waals surface area contributed by atoms with Crippen LogP contribution in [0.5, 0.6) is 0 Å². The summed E-state index contributed by atoms with van der Waals surface area (Å²) in [7, 11) is 0. The quantitative estimate of drug-likeness (QED) is 0.665. The van der Waals surface area contributed by atoms with Crippen molar-refractivity contribution in [2.24, 2.45) is 0 Å². The molecule has 0 bridgehead atoms. The van der Waals surface area contributed by atoms with Crippen LogP contribution in [-0.2, 0) is 4.74 Å². The van der Waals surface area contributed by atoms with Gasteiger partial charge in [-0.15, -0.1) is 0 Å². The minimum Gasteiger partial charge on any atom is -0.379 e. The molecule has 18 heavy (non-hydrogen) atoms. The molecule has 2 rings (SSSR count). The van der Waals surface area contributed by atoms with Crippen molar-refractivity contribution in [2.75, 3.05) is 18.5 Å². The van der Waals surface area contributed by atoms with Gasteiger partial charge in [0.1, 0.15) is 5.82 Å². The van der Waals surface area contributed by atoms with Gasteiger partial charge in [-0.1, -0.05) is 0 Å². The summed E-state index contributed by atoms with van der Waals surface area (Å²) in [6, 6.07) is 3.50. The van der Waals surface area contributed by atoms with Gasteiger partial charge in [-0.3, -0.25) is 10.1 Å². The lowest BCUT2D eigenvalue weighted by atomic mass is 9.94. The molecule has 1 atom stereocenters. The van der Waals surface area contributed by atoms with E-state index in [0.717, 1.165) is 25.5 Å². The van der Waals surface area contributed by atoms with Gasteiger partial charge in [-0.2, -0.15) is 0 Å². The Morgan fingerprint density at radius 3 is 2.89 bits per heavy atom. The molecule has 0 saturated carbocycles. The third-order valence-corrected chi connectivity index (χ3v) is 2.98. The Balaban J connectivity index is 2.20. The molecule has 0 spiro atoms. The monoisotopic (exact) mass is 254 g/mol. The molecule has 1 aliphatic rings. The minimum atomic E-state index is -0.618. The van der Waals surface area contributed by atoms with Gasteiger partial charge in [0.05, 0.1) is 23.1 Å². The normalized spacial score (nSPS) is 23.7. The van der Waals surface area contributed by atoms with Gasteiger partial charge >= 0.3 is 0 Å². The Bertz CT molecular complexity index is 459. The van der Waals surface area contributed by atoms with E-state index in [9.17, 15) is 14.5 Å². The summed E-state index contributed by atoms with van der Waals surface area (Å²) >= 11 is 0. The van der Waals surface area contributed by atoms with E-state index in [0.29, 0.717) is 12.3 Å². The molecule has 1 heterocycles. The van der Waals surface area contributed by atoms with Crippen molar-refractivity contribution >= 4 is 11.4 Å². The Kier molecular flexibility index (Phi) is 3.47. The summed E-state index contributed by atoms with van der Waals surface area (Å²) in [6.07, 6.45) is 1.80. The standard InChI is InChI=1S/C12H15FN2O3/c1-12(3-2-4-18-8-12)14-10-5-9(13)6-11(7-10)15(16)17/h5-7,14H,2-4,8H2,1H3. The molecule has 1 unspecified atom stereocenters. The van der Waals surface area contributed by atoms with E-state index in [1.54, 1.807) is 0 Å². The molecule has 1 saturated heterocycles. The van der Waals surface area contributed by atoms with Crippen molar-refractivity contribution in [3.8, 4) is 0 Å². The number of hydrogen-bond acceptors (Lipinski definition) is 4. The number of benzene rings is 1. The first-order chi connectivity index (χ1) is 8.48. The molecular formula is C12H15FN2O3. The first kappa shape index (κ1) is 12.8. The van der Waals surface area contributed by atoms with Gasteiger partial charge < -0.3 is 10.1 Å². The number of rotatable bonds is 3. The summed E-state index contributed by atoms with van der Waals surface area (Å²) in [5, 5.41) is 13.8. The molecule has 0 aliphatic carbocycles. The number of hydrogen-bond donors (Lipinski definition) is 1. The van der Waals surface area contributed by atoms with Gasteiger partial charge in [0.25, 0.3) is 5.69 Å². The predicted octanol–water partition coefficient (Wildman–Crippen LogP) is 2.71. The number of halogens is 1. The van der Waals surface area contributed by atoms with E-state index < -0.39 is 10.7 Å². The second kappa shape index (κ2) is 4.89. The lowest BCUT2D eigenvalue weighted by molar-refractivity contribution is -0.385. The largest absolute Gasteiger partial charge is 0.379 e. The molecule has 1 fully saturated rings. The van der Waals surface area contributed by atoms with E-state index >= 15 is 0 Å². The molecule has 1 N–H and O–H groups in total. The van der Waals surface area contributed by atoms with Crippen LogP contribution in [0.3, 0.4) is 0 Å². The van der Waals surface area contributed by atoms with Crippen molar-refractivity contribution < 1.29 is 14.1 Å². The maximum Gasteiger partial charge on any atom is 0.274 e. The summed E-state index contributed by atoms with van der Waals surface area (Å²) in [5.74, 6) is -0.618. The van der Waals surface area contributed by atoms with Crippen molar-refractivity contribution in [3.05, 3.63) is 34.1 Å². The fraction of sp³-hybridized carbons (Fsp3) is 0.500. The van der Waals surface area contributed by atoms with Gasteiger partial charge in [0.2, 0.25) is 0 Å². The van der Waals surface area contributed by atoms with Gasteiger partial charge in [-0.25, -0.2) is 4.39 Å². The van der Waals surface area contributed by atoms with Crippen LogP contribution in [0.15, 0.2) is 18.2 Å². The average molecular weight is 254 g/mol. The van der Waals surface area contributed by atoms with E-state index in [1.807, 2.05) is 6.92 Å². The van der Waals surface area contributed by atoms with Crippen molar-refractivity contribution in [3.63, 3.8) is 0 Å². The molecule has 0 radical (unpaired) electrons. The van der Waals surface area contributed by atoms with Gasteiger partial charge in [-0.05, 0) is 25.8 Å². The summed E-state index contributed by atoms with van der Waals surface area (Å²) < 4.78 is 18.7. The fourth-order valence-electron chi connectivity index (χ4n) is 2.13. The molecule has 5 nitrogen and oxygen atoms in total. The highest BCUT2D eigenvalue weighted by Gasteiger charge is 2.27. The van der Waals surface area contributed by atoms with Crippen LogP contribution in [0.4, 0.5) is 15.8 Å². The van der Waals surface area contributed by atoms with Crippen molar-refractivity contribution in [1.82, 2.24) is 0 Å². The molecule has 1 aromatic rings. The van der Waals surface area contributed by atoms with Crippen LogP contribution in [0.2, 0.25) is 0 Å². The molecule has 1 aliphatic heterocycles. The molecule has 0 aromatic heterocycles. The second-order valence-electron chi connectivity index (χ2n) is 4.80. The highest BCUT2D eigenvalue weighted by Crippen LogP contribution is 2.27. The topological polar surface area (TPSA) is 64.4 Å². The molecule has 0 amide bonds. The number of nitro groups is 1. The van der Waals surface area contributed by atoms with Crippen LogP contribution in [-0.4, -0.2) is 23.7 Å². The summed E-state index contributed by atoms with van der Waals surface area (Å²) in [6.45, 7) is 3.20. The predicted molar refractivity (Wildman–Crippen MR) is 65.1 cm³/mol. The first-order valence-corrected chi connectivity index (χ1v) is 5.79. The number of nitrogens with zero attached hydrogens (tertiary/aromatic N) is 1. The van der Waals surface area contributed by atoms with Crippen LogP contribution in [0.25, 0.3) is 0 Å². The van der Waals surface area contributed by atoms with E-state index in [-0.39, 0.29) is 11.2 Å². The Hall–Kier alpha value is -1.69. The SMILES string of the molecule is CC1(Nc2cc(F)cc([N+](=O)[O-])c2)CCCOC1. The third-order valence-electron chi connectivity index (χ3n) is 2.98. The van der Waals surface area contributed by atoms with Gasteiger partial charge in [0, 0.05) is 18.4 Å². The Labute approximate surface area is 104 Å². The van der Waals surface area contributed by atoms with Crippen molar-refractivity contribution in [2.45, 2.75) is 25.3 Å². The maximum atomic E-state index is 13.3. The lowest BCUT2D eigenvalue weighted by Gasteiger charge is -2.35. The summed E-state index contributed by atoms with van der Waals surface area (Å²) in [4.78, 5) is 10.1. The number of nitro benzene ring substituents is 1. The molecule has 6 heteroatoms. The molecule has 98 valence electrons. The number of anilines is 1. The van der Waals surface area contributed by atoms with Crippen LogP contribution >= 0.6 is 0 Å². The second-order valence-corrected chi connectivity index (χ2v) is 4.80. The zero-order valence-electron chi connectivity index (χ0n) is 10.1. The third kappa shape index (κ3) is 2.95. The number of non-ortho nitro benzene ring substituents is 1. The van der Waals surface area contributed by atoms with E-state index in [2.05, 4.69) is 5.32 Å². The molecular weight excluding hydrogens is 239 g/mol. The maximum absolute atomic E-state index is 13.3. The van der Waals surface area contributed by atoms with E-state index in [1.165, 1.54) is 12.1 Å².